The number of carbonyl (C=O) groups excluding carboxylic acids is 1. The lowest BCUT2D eigenvalue weighted by Crippen LogP contribution is -2.21. The second-order valence-electron chi connectivity index (χ2n) is 4.49. The largest absolute Gasteiger partial charge is 0.524 e. The van der Waals surface area contributed by atoms with Gasteiger partial charge in [0.05, 0.1) is 0 Å². The van der Waals surface area contributed by atoms with Crippen LogP contribution in [0.5, 0.6) is 11.5 Å². The standard InChI is InChI=1S/C9H11NO2.C6H6BrO4P/c1-7-4-3-5-8(6-7)12-9(11)10-2;7-5-1-3-6(4-2-5)11-12(8,9)10/h3-6H,1-2H3,(H,10,11);1-4H,(H2,8,9,10). The fourth-order valence-corrected chi connectivity index (χ4v) is 2.13. The quantitative estimate of drug-likeness (QED) is 0.658. The zero-order chi connectivity index (χ0) is 18.2. The lowest BCUT2D eigenvalue weighted by molar-refractivity contribution is 0.203. The monoisotopic (exact) mass is 417 g/mol. The average molecular weight is 418 g/mol. The predicted molar refractivity (Wildman–Crippen MR) is 93.1 cm³/mol. The molecular formula is C15H17BrNO6P. The Hall–Kier alpha value is -1.86. The maximum Gasteiger partial charge on any atom is 0.524 e. The third-order valence-electron chi connectivity index (χ3n) is 2.44. The maximum atomic E-state index is 10.8. The number of hydrogen-bond donors (Lipinski definition) is 3. The lowest BCUT2D eigenvalue weighted by Gasteiger charge is -2.05. The zero-order valence-electron chi connectivity index (χ0n) is 13.0. The number of rotatable bonds is 3. The number of phosphoric ester groups is 1. The molecule has 0 saturated carbocycles. The van der Waals surface area contributed by atoms with Crippen molar-refractivity contribution in [1.29, 1.82) is 0 Å². The van der Waals surface area contributed by atoms with Crippen LogP contribution in [0.1, 0.15) is 5.56 Å². The minimum atomic E-state index is -4.42. The Balaban J connectivity index is 0.000000240. The highest BCUT2D eigenvalue weighted by molar-refractivity contribution is 9.10. The second kappa shape index (κ2) is 9.44. The molecule has 2 aromatic carbocycles. The molecule has 0 unspecified atom stereocenters. The van der Waals surface area contributed by atoms with Gasteiger partial charge >= 0.3 is 13.9 Å². The summed E-state index contributed by atoms with van der Waals surface area (Å²) in [4.78, 5) is 27.6. The molecule has 0 heterocycles. The summed E-state index contributed by atoms with van der Waals surface area (Å²) in [5, 5.41) is 2.37. The van der Waals surface area contributed by atoms with E-state index in [4.69, 9.17) is 14.5 Å². The molecule has 0 aliphatic rings. The molecule has 2 aromatic rings. The molecule has 0 radical (unpaired) electrons. The number of aryl methyl sites for hydroxylation is 1. The van der Waals surface area contributed by atoms with Gasteiger partial charge in [0.15, 0.2) is 0 Å². The number of nitrogens with one attached hydrogen (secondary N) is 1. The van der Waals surface area contributed by atoms with Gasteiger partial charge in [-0.1, -0.05) is 28.1 Å². The molecule has 0 bridgehead atoms. The first-order chi connectivity index (χ1) is 11.2. The van der Waals surface area contributed by atoms with Crippen molar-refractivity contribution in [3.8, 4) is 11.5 Å². The molecule has 3 N–H and O–H groups in total. The Bertz CT molecular complexity index is 716. The second-order valence-corrected chi connectivity index (χ2v) is 6.57. The summed E-state index contributed by atoms with van der Waals surface area (Å²) in [6.45, 7) is 1.94. The van der Waals surface area contributed by atoms with Crippen molar-refractivity contribution in [1.82, 2.24) is 5.32 Å². The van der Waals surface area contributed by atoms with E-state index in [9.17, 15) is 9.36 Å². The summed E-state index contributed by atoms with van der Waals surface area (Å²) in [6, 6.07) is 13.5. The van der Waals surface area contributed by atoms with Crippen LogP contribution < -0.4 is 14.6 Å². The van der Waals surface area contributed by atoms with E-state index < -0.39 is 13.9 Å². The van der Waals surface area contributed by atoms with Crippen molar-refractivity contribution in [2.75, 3.05) is 7.05 Å². The van der Waals surface area contributed by atoms with Crippen LogP contribution in [-0.4, -0.2) is 22.9 Å². The highest BCUT2D eigenvalue weighted by Crippen LogP contribution is 2.37. The van der Waals surface area contributed by atoms with E-state index in [1.165, 1.54) is 19.2 Å². The average Bonchev–Trinajstić information content (AvgIpc) is 2.49. The van der Waals surface area contributed by atoms with Gasteiger partial charge in [0, 0.05) is 11.5 Å². The Kier molecular flexibility index (Phi) is 7.94. The number of benzene rings is 2. The lowest BCUT2D eigenvalue weighted by atomic mass is 10.2. The minimum absolute atomic E-state index is 0.145. The SMILES string of the molecule is CNC(=O)Oc1cccc(C)c1.O=P(O)(O)Oc1ccc(Br)cc1. The van der Waals surface area contributed by atoms with Crippen molar-refractivity contribution in [3.63, 3.8) is 0 Å². The molecule has 0 aliphatic heterocycles. The Morgan fingerprint density at radius 2 is 1.75 bits per heavy atom. The molecule has 0 aromatic heterocycles. The number of carbonyl (C=O) groups is 1. The number of halogens is 1. The topological polar surface area (TPSA) is 105 Å². The van der Waals surface area contributed by atoms with Gasteiger partial charge in [0.1, 0.15) is 11.5 Å². The third-order valence-corrected chi connectivity index (χ3v) is 3.42. The van der Waals surface area contributed by atoms with E-state index in [0.29, 0.717) is 5.75 Å². The molecule has 0 aliphatic carbocycles. The smallest absolute Gasteiger partial charge is 0.410 e. The molecule has 24 heavy (non-hydrogen) atoms. The van der Waals surface area contributed by atoms with E-state index in [0.717, 1.165) is 10.0 Å². The summed E-state index contributed by atoms with van der Waals surface area (Å²) in [5.41, 5.74) is 1.07. The van der Waals surface area contributed by atoms with E-state index >= 15 is 0 Å². The zero-order valence-corrected chi connectivity index (χ0v) is 15.5. The molecular weight excluding hydrogens is 401 g/mol. The fraction of sp³-hybridized carbons (Fsp3) is 0.133. The Morgan fingerprint density at radius 1 is 1.12 bits per heavy atom. The highest BCUT2D eigenvalue weighted by Gasteiger charge is 2.15. The van der Waals surface area contributed by atoms with Gasteiger partial charge < -0.3 is 14.6 Å². The first-order valence-corrected chi connectivity index (χ1v) is 8.99. The summed E-state index contributed by atoms with van der Waals surface area (Å²) >= 11 is 3.18. The molecule has 7 nitrogen and oxygen atoms in total. The number of phosphoric acid groups is 1. The molecule has 0 saturated heterocycles. The van der Waals surface area contributed by atoms with Gasteiger partial charge in [0.25, 0.3) is 0 Å². The predicted octanol–water partition coefficient (Wildman–Crippen LogP) is 3.63. The van der Waals surface area contributed by atoms with Crippen molar-refractivity contribution in [2.45, 2.75) is 6.92 Å². The van der Waals surface area contributed by atoms with E-state index in [-0.39, 0.29) is 5.75 Å². The van der Waals surface area contributed by atoms with Crippen molar-refractivity contribution < 1.29 is 28.4 Å². The van der Waals surface area contributed by atoms with Gasteiger partial charge in [-0.05, 0) is 48.9 Å². The first-order valence-electron chi connectivity index (χ1n) is 6.66. The molecule has 130 valence electrons. The van der Waals surface area contributed by atoms with Gasteiger partial charge in [-0.25, -0.2) is 9.36 Å². The van der Waals surface area contributed by atoms with Gasteiger partial charge in [-0.2, -0.15) is 0 Å². The van der Waals surface area contributed by atoms with Crippen LogP contribution in [0.3, 0.4) is 0 Å². The maximum absolute atomic E-state index is 10.8. The van der Waals surface area contributed by atoms with E-state index in [2.05, 4.69) is 25.8 Å². The van der Waals surface area contributed by atoms with Crippen LogP contribution in [-0.2, 0) is 4.57 Å². The molecule has 0 spiro atoms. The molecule has 0 fully saturated rings. The molecule has 1 amide bonds. The Morgan fingerprint density at radius 3 is 2.25 bits per heavy atom. The van der Waals surface area contributed by atoms with Crippen molar-refractivity contribution >= 4 is 29.8 Å². The van der Waals surface area contributed by atoms with E-state index in [1.54, 1.807) is 24.3 Å². The summed E-state index contributed by atoms with van der Waals surface area (Å²) in [6.07, 6.45) is -0.444. The number of amides is 1. The summed E-state index contributed by atoms with van der Waals surface area (Å²) in [7, 11) is -2.89. The van der Waals surface area contributed by atoms with Gasteiger partial charge in [0.2, 0.25) is 0 Å². The van der Waals surface area contributed by atoms with Gasteiger partial charge in [-0.15, -0.1) is 0 Å². The minimum Gasteiger partial charge on any atom is -0.410 e. The summed E-state index contributed by atoms with van der Waals surface area (Å²) < 4.78 is 20.4. The molecule has 2 rings (SSSR count). The van der Waals surface area contributed by atoms with Crippen LogP contribution in [0.4, 0.5) is 4.79 Å². The number of hydrogen-bond acceptors (Lipinski definition) is 4. The Labute approximate surface area is 148 Å². The van der Waals surface area contributed by atoms with Crippen LogP contribution in [0, 0.1) is 6.92 Å². The molecule has 0 atom stereocenters. The van der Waals surface area contributed by atoms with Crippen LogP contribution in [0.15, 0.2) is 53.0 Å². The normalized spacial score (nSPS) is 10.2. The van der Waals surface area contributed by atoms with Crippen LogP contribution in [0.25, 0.3) is 0 Å². The third kappa shape index (κ3) is 8.69. The van der Waals surface area contributed by atoms with E-state index in [1.807, 2.05) is 19.1 Å². The molecule has 9 heteroatoms. The van der Waals surface area contributed by atoms with Crippen molar-refractivity contribution in [3.05, 3.63) is 58.6 Å². The van der Waals surface area contributed by atoms with Crippen molar-refractivity contribution in [2.24, 2.45) is 0 Å². The van der Waals surface area contributed by atoms with Crippen LogP contribution in [0.2, 0.25) is 0 Å². The van der Waals surface area contributed by atoms with Gasteiger partial charge in [-0.3, -0.25) is 9.79 Å². The highest BCUT2D eigenvalue weighted by atomic mass is 79.9. The summed E-state index contributed by atoms with van der Waals surface area (Å²) in [5.74, 6) is 0.709. The number of ether oxygens (including phenoxy) is 1. The van der Waals surface area contributed by atoms with Crippen LogP contribution >= 0.6 is 23.8 Å². The first kappa shape index (κ1) is 20.2. The fourth-order valence-electron chi connectivity index (χ4n) is 1.47.